The summed E-state index contributed by atoms with van der Waals surface area (Å²) in [4.78, 5) is 35.5. The van der Waals surface area contributed by atoms with Crippen molar-refractivity contribution in [2.75, 3.05) is 13.7 Å². The lowest BCUT2D eigenvalue weighted by Crippen LogP contribution is -2.44. The molecule has 0 fully saturated rings. The van der Waals surface area contributed by atoms with Crippen molar-refractivity contribution in [2.24, 2.45) is 0 Å². The summed E-state index contributed by atoms with van der Waals surface area (Å²) >= 11 is 6.03. The normalized spacial score (nSPS) is 11.3. The summed E-state index contributed by atoms with van der Waals surface area (Å²) in [5.74, 6) is -1.85. The Bertz CT molecular complexity index is 1090. The molecule has 0 aliphatic rings. The molecule has 3 amide bonds. The molecule has 0 bridgehead atoms. The number of rotatable bonds is 8. The second kappa shape index (κ2) is 11.1. The number of benzene rings is 2. The lowest BCUT2D eigenvalue weighted by atomic mass is 10.2. The number of hydrogen-bond acceptors (Lipinski definition) is 6. The van der Waals surface area contributed by atoms with Crippen molar-refractivity contribution < 1.29 is 27.5 Å². The van der Waals surface area contributed by atoms with E-state index in [2.05, 4.69) is 5.32 Å². The first-order valence-corrected chi connectivity index (χ1v) is 11.4. The Morgan fingerprint density at radius 3 is 2.38 bits per heavy atom. The van der Waals surface area contributed by atoms with Gasteiger partial charge in [0.25, 0.3) is 5.91 Å². The van der Waals surface area contributed by atoms with Gasteiger partial charge in [-0.15, -0.1) is 0 Å². The van der Waals surface area contributed by atoms with Gasteiger partial charge in [-0.2, -0.15) is 4.31 Å². The van der Waals surface area contributed by atoms with Crippen LogP contribution in [0, 0.1) is 0 Å². The first-order chi connectivity index (χ1) is 15.0. The molecular formula is C21H24ClN3O6S. The highest BCUT2D eigenvalue weighted by Gasteiger charge is 2.24. The van der Waals surface area contributed by atoms with E-state index in [1.807, 2.05) is 11.4 Å². The van der Waals surface area contributed by atoms with Gasteiger partial charge in [0, 0.05) is 19.6 Å². The van der Waals surface area contributed by atoms with Gasteiger partial charge in [0.2, 0.25) is 10.0 Å². The van der Waals surface area contributed by atoms with Crippen LogP contribution >= 0.6 is 11.6 Å². The second-order valence-corrected chi connectivity index (χ2v) is 9.59. The number of imide groups is 1. The topological polar surface area (TPSA) is 122 Å². The highest BCUT2D eigenvalue weighted by Crippen LogP contribution is 2.24. The minimum atomic E-state index is -3.93. The van der Waals surface area contributed by atoms with Gasteiger partial charge >= 0.3 is 12.0 Å². The van der Waals surface area contributed by atoms with E-state index < -0.39 is 34.5 Å². The SMILES string of the molecule is CC(C)NC(=O)NC(=O)COC(=O)c1cc(S(=O)(=O)N(C)Cc2ccccc2)ccc1Cl. The molecule has 0 aliphatic carbocycles. The number of esters is 1. The van der Waals surface area contributed by atoms with Gasteiger partial charge in [-0.05, 0) is 37.6 Å². The molecular weight excluding hydrogens is 458 g/mol. The second-order valence-electron chi connectivity index (χ2n) is 7.14. The summed E-state index contributed by atoms with van der Waals surface area (Å²) in [7, 11) is -2.52. The monoisotopic (exact) mass is 481 g/mol. The van der Waals surface area contributed by atoms with Crippen LogP contribution in [-0.4, -0.2) is 50.3 Å². The van der Waals surface area contributed by atoms with Crippen molar-refractivity contribution >= 4 is 39.5 Å². The number of ether oxygens (including phenoxy) is 1. The van der Waals surface area contributed by atoms with E-state index in [0.29, 0.717) is 0 Å². The van der Waals surface area contributed by atoms with E-state index in [0.717, 1.165) is 15.9 Å². The molecule has 0 saturated carbocycles. The molecule has 172 valence electrons. The van der Waals surface area contributed by atoms with E-state index >= 15 is 0 Å². The zero-order chi connectivity index (χ0) is 23.9. The molecule has 0 unspecified atom stereocenters. The summed E-state index contributed by atoms with van der Waals surface area (Å²) < 4.78 is 31.9. The number of hydrogen-bond donors (Lipinski definition) is 2. The van der Waals surface area contributed by atoms with Crippen LogP contribution in [0.5, 0.6) is 0 Å². The zero-order valence-electron chi connectivity index (χ0n) is 17.8. The first-order valence-electron chi connectivity index (χ1n) is 9.58. The first kappa shape index (κ1) is 25.3. The molecule has 0 heterocycles. The smallest absolute Gasteiger partial charge is 0.340 e. The van der Waals surface area contributed by atoms with Crippen molar-refractivity contribution in [3.8, 4) is 0 Å². The van der Waals surface area contributed by atoms with Crippen molar-refractivity contribution in [1.29, 1.82) is 0 Å². The molecule has 2 aromatic rings. The van der Waals surface area contributed by atoms with Crippen LogP contribution in [0.4, 0.5) is 4.79 Å². The van der Waals surface area contributed by atoms with E-state index in [1.165, 1.54) is 19.2 Å². The molecule has 0 saturated heterocycles. The van der Waals surface area contributed by atoms with Gasteiger partial charge in [0.05, 0.1) is 15.5 Å². The fourth-order valence-corrected chi connectivity index (χ4v) is 3.98. The van der Waals surface area contributed by atoms with Crippen LogP contribution in [0.1, 0.15) is 29.8 Å². The third-order valence-electron chi connectivity index (χ3n) is 4.12. The van der Waals surface area contributed by atoms with Gasteiger partial charge in [-0.1, -0.05) is 41.9 Å². The number of urea groups is 1. The number of halogens is 1. The van der Waals surface area contributed by atoms with Gasteiger partial charge in [-0.25, -0.2) is 18.0 Å². The van der Waals surface area contributed by atoms with Crippen molar-refractivity contribution in [3.05, 3.63) is 64.7 Å². The van der Waals surface area contributed by atoms with E-state index in [9.17, 15) is 22.8 Å². The Kier molecular flexibility index (Phi) is 8.76. The van der Waals surface area contributed by atoms with Crippen molar-refractivity contribution in [1.82, 2.24) is 14.9 Å². The number of sulfonamides is 1. The quantitative estimate of drug-likeness (QED) is 0.559. The van der Waals surface area contributed by atoms with Crippen molar-refractivity contribution in [2.45, 2.75) is 31.3 Å². The third-order valence-corrected chi connectivity index (χ3v) is 6.25. The maximum Gasteiger partial charge on any atom is 0.340 e. The Hall–Kier alpha value is -2.95. The Morgan fingerprint density at radius 1 is 1.09 bits per heavy atom. The van der Waals surface area contributed by atoms with Crippen LogP contribution in [0.25, 0.3) is 0 Å². The molecule has 2 aromatic carbocycles. The fourth-order valence-electron chi connectivity index (χ4n) is 2.60. The molecule has 32 heavy (non-hydrogen) atoms. The summed E-state index contributed by atoms with van der Waals surface area (Å²) in [5.41, 5.74) is 0.569. The zero-order valence-corrected chi connectivity index (χ0v) is 19.4. The van der Waals surface area contributed by atoms with Crippen LogP contribution in [-0.2, 0) is 26.1 Å². The molecule has 0 aromatic heterocycles. The van der Waals surface area contributed by atoms with E-state index in [4.69, 9.17) is 16.3 Å². The Morgan fingerprint density at radius 2 is 1.75 bits per heavy atom. The van der Waals surface area contributed by atoms with E-state index in [-0.39, 0.29) is 28.1 Å². The van der Waals surface area contributed by atoms with Crippen LogP contribution in [0.3, 0.4) is 0 Å². The molecule has 0 radical (unpaired) electrons. The average Bonchev–Trinajstić information content (AvgIpc) is 2.72. The summed E-state index contributed by atoms with van der Waals surface area (Å²) in [6.07, 6.45) is 0. The maximum absolute atomic E-state index is 12.9. The Balaban J connectivity index is 2.09. The molecule has 11 heteroatoms. The highest BCUT2D eigenvalue weighted by atomic mass is 35.5. The number of amides is 3. The van der Waals surface area contributed by atoms with Crippen LogP contribution in [0.2, 0.25) is 5.02 Å². The number of nitrogens with zero attached hydrogens (tertiary/aromatic N) is 1. The van der Waals surface area contributed by atoms with Crippen LogP contribution < -0.4 is 10.6 Å². The number of carbonyl (C=O) groups excluding carboxylic acids is 3. The van der Waals surface area contributed by atoms with Gasteiger partial charge in [0.1, 0.15) is 0 Å². The highest BCUT2D eigenvalue weighted by molar-refractivity contribution is 7.89. The summed E-state index contributed by atoms with van der Waals surface area (Å²) in [6, 6.07) is 11.7. The molecule has 0 atom stereocenters. The molecule has 0 aliphatic heterocycles. The maximum atomic E-state index is 12.9. The van der Waals surface area contributed by atoms with Crippen molar-refractivity contribution in [3.63, 3.8) is 0 Å². The lowest BCUT2D eigenvalue weighted by molar-refractivity contribution is -0.123. The fraction of sp³-hybridized carbons (Fsp3) is 0.286. The molecule has 2 N–H and O–H groups in total. The predicted octanol–water partition coefficient (Wildman–Crippen LogP) is 2.55. The van der Waals surface area contributed by atoms with Gasteiger partial charge in [0.15, 0.2) is 6.61 Å². The van der Waals surface area contributed by atoms with Crippen LogP contribution in [0.15, 0.2) is 53.4 Å². The number of carbonyl (C=O) groups is 3. The summed E-state index contributed by atoms with van der Waals surface area (Å²) in [5, 5.41) is 4.41. The molecule has 2 rings (SSSR count). The van der Waals surface area contributed by atoms with Gasteiger partial charge < -0.3 is 10.1 Å². The number of nitrogens with one attached hydrogen (secondary N) is 2. The Labute approximate surface area is 191 Å². The minimum Gasteiger partial charge on any atom is -0.452 e. The molecule has 9 nitrogen and oxygen atoms in total. The largest absolute Gasteiger partial charge is 0.452 e. The summed E-state index contributed by atoms with van der Waals surface area (Å²) in [6.45, 7) is 2.81. The third kappa shape index (κ3) is 7.04. The average molecular weight is 482 g/mol. The lowest BCUT2D eigenvalue weighted by Gasteiger charge is -2.18. The van der Waals surface area contributed by atoms with E-state index in [1.54, 1.807) is 38.1 Å². The molecule has 0 spiro atoms. The standard InChI is InChI=1S/C21H24ClN3O6S/c1-14(2)23-21(28)24-19(26)13-31-20(27)17-11-16(9-10-18(17)22)32(29,30)25(3)12-15-7-5-4-6-8-15/h4-11,14H,12-13H2,1-3H3,(H2,23,24,26,28). The predicted molar refractivity (Wildman–Crippen MR) is 119 cm³/mol. The van der Waals surface area contributed by atoms with Gasteiger partial charge in [-0.3, -0.25) is 10.1 Å². The minimum absolute atomic E-state index is 0.0439.